The molecule has 0 bridgehead atoms. The molecular formula is C16H24N4O3. The molecule has 0 unspecified atom stereocenters. The van der Waals surface area contributed by atoms with Crippen molar-refractivity contribution in [3.63, 3.8) is 0 Å². The largest absolute Gasteiger partial charge is 0.441 e. The van der Waals surface area contributed by atoms with Crippen LogP contribution in [0.4, 0.5) is 10.7 Å². The van der Waals surface area contributed by atoms with E-state index in [1.807, 2.05) is 12.4 Å². The Kier molecular flexibility index (Phi) is 5.27. The summed E-state index contributed by atoms with van der Waals surface area (Å²) in [7, 11) is 0. The Morgan fingerprint density at radius 3 is 2.48 bits per heavy atom. The maximum atomic E-state index is 11.5. The van der Waals surface area contributed by atoms with Crippen LogP contribution < -0.4 is 4.90 Å². The fourth-order valence-corrected chi connectivity index (χ4v) is 2.73. The van der Waals surface area contributed by atoms with Gasteiger partial charge in [-0.05, 0) is 37.2 Å². The van der Waals surface area contributed by atoms with Crippen molar-refractivity contribution in [1.29, 1.82) is 0 Å². The second-order valence-electron chi connectivity index (χ2n) is 6.15. The number of piperidine rings is 1. The van der Waals surface area contributed by atoms with Crippen LogP contribution in [0.1, 0.15) is 31.7 Å². The number of nitrogens with zero attached hydrogens (tertiary/aromatic N) is 4. The van der Waals surface area contributed by atoms with E-state index in [9.17, 15) is 4.79 Å². The third-order valence-electron chi connectivity index (χ3n) is 4.55. The third kappa shape index (κ3) is 4.10. The molecule has 2 aliphatic rings. The topological polar surface area (TPSA) is 67.8 Å². The molecule has 2 aliphatic heterocycles. The summed E-state index contributed by atoms with van der Waals surface area (Å²) in [5.41, 5.74) is 1.15. The van der Waals surface area contributed by atoms with Gasteiger partial charge in [0.05, 0.1) is 6.61 Å². The first-order valence-corrected chi connectivity index (χ1v) is 8.40. The molecule has 0 saturated carbocycles. The normalized spacial score (nSPS) is 18.7. The quantitative estimate of drug-likeness (QED) is 0.611. The van der Waals surface area contributed by atoms with Gasteiger partial charge in [-0.15, -0.1) is 0 Å². The van der Waals surface area contributed by atoms with Gasteiger partial charge in [-0.1, -0.05) is 6.92 Å². The molecule has 0 aliphatic carbocycles. The molecule has 1 aromatic heterocycles. The van der Waals surface area contributed by atoms with Crippen molar-refractivity contribution >= 4 is 12.0 Å². The van der Waals surface area contributed by atoms with Gasteiger partial charge in [-0.2, -0.15) is 4.89 Å². The van der Waals surface area contributed by atoms with Gasteiger partial charge in [0, 0.05) is 38.6 Å². The average molecular weight is 320 g/mol. The summed E-state index contributed by atoms with van der Waals surface area (Å²) in [6.07, 6.45) is 7.41. The van der Waals surface area contributed by atoms with Crippen LogP contribution in [0.15, 0.2) is 12.4 Å². The smallest absolute Gasteiger partial charge is 0.341 e. The van der Waals surface area contributed by atoms with Gasteiger partial charge in [-0.3, -0.25) is 4.89 Å². The van der Waals surface area contributed by atoms with E-state index in [-0.39, 0.29) is 6.09 Å². The number of amides is 1. The number of aromatic nitrogens is 2. The fourth-order valence-electron chi connectivity index (χ4n) is 2.73. The highest BCUT2D eigenvalue weighted by atomic mass is 17.2. The third-order valence-corrected chi connectivity index (χ3v) is 4.55. The summed E-state index contributed by atoms with van der Waals surface area (Å²) in [6, 6.07) is 0. The van der Waals surface area contributed by atoms with Gasteiger partial charge in [0.2, 0.25) is 5.95 Å². The van der Waals surface area contributed by atoms with Crippen molar-refractivity contribution in [2.75, 3.05) is 37.7 Å². The van der Waals surface area contributed by atoms with Crippen molar-refractivity contribution in [3.05, 3.63) is 18.0 Å². The second-order valence-corrected chi connectivity index (χ2v) is 6.15. The first-order chi connectivity index (χ1) is 11.3. The molecule has 3 heterocycles. The number of carbonyl (C=O) groups is 1. The van der Waals surface area contributed by atoms with Crippen molar-refractivity contribution in [3.8, 4) is 0 Å². The molecule has 126 valence electrons. The molecule has 1 amide bonds. The van der Waals surface area contributed by atoms with Crippen LogP contribution in [-0.2, 0) is 16.2 Å². The van der Waals surface area contributed by atoms with E-state index in [1.54, 1.807) is 4.90 Å². The summed E-state index contributed by atoms with van der Waals surface area (Å²) in [5, 5.41) is 0. The van der Waals surface area contributed by atoms with Crippen molar-refractivity contribution < 1.29 is 14.6 Å². The predicted molar refractivity (Wildman–Crippen MR) is 85.0 cm³/mol. The van der Waals surface area contributed by atoms with Crippen LogP contribution in [0.2, 0.25) is 0 Å². The molecule has 7 heteroatoms. The zero-order chi connectivity index (χ0) is 16.1. The lowest BCUT2D eigenvalue weighted by molar-refractivity contribution is -0.256. The summed E-state index contributed by atoms with van der Waals surface area (Å²) in [4.78, 5) is 34.2. The zero-order valence-electron chi connectivity index (χ0n) is 13.6. The van der Waals surface area contributed by atoms with E-state index in [1.165, 1.54) is 0 Å². The lowest BCUT2D eigenvalue weighted by Gasteiger charge is -2.32. The van der Waals surface area contributed by atoms with Crippen LogP contribution in [0, 0.1) is 5.92 Å². The Labute approximate surface area is 136 Å². The molecule has 7 nitrogen and oxygen atoms in total. The molecule has 23 heavy (non-hydrogen) atoms. The van der Waals surface area contributed by atoms with Crippen molar-refractivity contribution in [2.24, 2.45) is 5.92 Å². The highest BCUT2D eigenvalue weighted by molar-refractivity contribution is 5.67. The van der Waals surface area contributed by atoms with Crippen molar-refractivity contribution in [2.45, 2.75) is 32.6 Å². The molecule has 3 rings (SSSR count). The Bertz CT molecular complexity index is 511. The van der Waals surface area contributed by atoms with Gasteiger partial charge < -0.3 is 9.80 Å². The van der Waals surface area contributed by atoms with Gasteiger partial charge in [0.15, 0.2) is 0 Å². The molecule has 1 aromatic rings. The molecule has 0 atom stereocenters. The lowest BCUT2D eigenvalue weighted by atomic mass is 9.98. The Morgan fingerprint density at radius 2 is 1.91 bits per heavy atom. The van der Waals surface area contributed by atoms with Crippen LogP contribution in [0.25, 0.3) is 0 Å². The number of anilines is 1. The minimum Gasteiger partial charge on any atom is -0.341 e. The summed E-state index contributed by atoms with van der Waals surface area (Å²) < 4.78 is 0. The number of hydrogen-bond donors (Lipinski definition) is 0. The average Bonchev–Trinajstić information content (AvgIpc) is 2.54. The van der Waals surface area contributed by atoms with Gasteiger partial charge in [-0.25, -0.2) is 14.8 Å². The van der Waals surface area contributed by atoms with Gasteiger partial charge >= 0.3 is 6.09 Å². The Hall–Kier alpha value is -1.89. The molecule has 0 aromatic carbocycles. The predicted octanol–water partition coefficient (Wildman–Crippen LogP) is 2.03. The number of likely N-dealkylation sites (tertiary alicyclic amines) is 1. The molecule has 0 radical (unpaired) electrons. The lowest BCUT2D eigenvalue weighted by Crippen LogP contribution is -2.42. The van der Waals surface area contributed by atoms with E-state index in [0.717, 1.165) is 63.4 Å². The molecule has 2 fully saturated rings. The Balaban J connectivity index is 1.37. The number of carbonyl (C=O) groups excluding carboxylic acids is 1. The second kappa shape index (κ2) is 7.59. The van der Waals surface area contributed by atoms with Crippen LogP contribution >= 0.6 is 0 Å². The SMILES string of the molecule is CCc1cnc(N2CCC(COOC(=O)N3CCC3)CC2)nc1. The van der Waals surface area contributed by atoms with E-state index >= 15 is 0 Å². The first-order valence-electron chi connectivity index (χ1n) is 8.40. The molecule has 0 spiro atoms. The number of hydrogen-bond acceptors (Lipinski definition) is 6. The fraction of sp³-hybridized carbons (Fsp3) is 0.688. The number of rotatable bonds is 5. The molecular weight excluding hydrogens is 296 g/mol. The monoisotopic (exact) mass is 320 g/mol. The molecule has 2 saturated heterocycles. The van der Waals surface area contributed by atoms with Crippen LogP contribution in [0.5, 0.6) is 0 Å². The number of aryl methyl sites for hydroxylation is 1. The minimum absolute atomic E-state index is 0.363. The summed E-state index contributed by atoms with van der Waals surface area (Å²) in [6.45, 7) is 5.91. The first kappa shape index (κ1) is 16.0. The van der Waals surface area contributed by atoms with E-state index < -0.39 is 0 Å². The van der Waals surface area contributed by atoms with Crippen LogP contribution in [0.3, 0.4) is 0 Å². The maximum Gasteiger partial charge on any atom is 0.441 e. The summed E-state index contributed by atoms with van der Waals surface area (Å²) in [5.74, 6) is 1.20. The highest BCUT2D eigenvalue weighted by Crippen LogP contribution is 2.21. The Morgan fingerprint density at radius 1 is 1.22 bits per heavy atom. The van der Waals surface area contributed by atoms with Gasteiger partial charge in [0.1, 0.15) is 0 Å². The molecule has 0 N–H and O–H groups in total. The zero-order valence-corrected chi connectivity index (χ0v) is 13.6. The maximum absolute atomic E-state index is 11.5. The summed E-state index contributed by atoms with van der Waals surface area (Å²) >= 11 is 0. The minimum atomic E-state index is -0.363. The highest BCUT2D eigenvalue weighted by Gasteiger charge is 2.24. The van der Waals surface area contributed by atoms with E-state index in [2.05, 4.69) is 21.8 Å². The van der Waals surface area contributed by atoms with Crippen LogP contribution in [-0.4, -0.2) is 53.7 Å². The van der Waals surface area contributed by atoms with E-state index in [0.29, 0.717) is 12.5 Å². The van der Waals surface area contributed by atoms with E-state index in [4.69, 9.17) is 9.78 Å². The van der Waals surface area contributed by atoms with Gasteiger partial charge in [0.25, 0.3) is 0 Å². The van der Waals surface area contributed by atoms with Crippen molar-refractivity contribution in [1.82, 2.24) is 14.9 Å². The standard InChI is InChI=1S/C16H24N4O3/c1-2-13-10-17-15(18-11-13)19-8-4-14(5-9-19)12-22-23-16(21)20-6-3-7-20/h10-11,14H,2-9,12H2,1H3.